The van der Waals surface area contributed by atoms with Gasteiger partial charge in [0.2, 0.25) is 11.2 Å². The van der Waals surface area contributed by atoms with E-state index in [0.29, 0.717) is 0 Å². The van der Waals surface area contributed by atoms with Crippen molar-refractivity contribution < 1.29 is 36.6 Å². The highest BCUT2D eigenvalue weighted by molar-refractivity contribution is 5.80. The third-order valence-corrected chi connectivity index (χ3v) is 3.78. The summed E-state index contributed by atoms with van der Waals surface area (Å²) in [5, 5.41) is -0.170. The normalized spacial score (nSPS) is 11.3. The molecule has 3 rings (SSSR count). The van der Waals surface area contributed by atoms with Crippen molar-refractivity contribution in [2.24, 2.45) is 0 Å². The maximum atomic E-state index is 13.5. The minimum atomic E-state index is -4.99. The molecule has 0 aliphatic heterocycles. The Morgan fingerprint density at radius 2 is 1.72 bits per heavy atom. The molecule has 0 radical (unpaired) electrons. The van der Waals surface area contributed by atoms with Crippen LogP contribution in [0.5, 0.6) is 17.2 Å². The van der Waals surface area contributed by atoms with Gasteiger partial charge in [-0.15, -0.1) is 0 Å². The van der Waals surface area contributed by atoms with Crippen LogP contribution in [0.3, 0.4) is 0 Å². The number of carbonyl (C=O) groups excluding carboxylic acids is 1. The monoisotopic (exact) mass is 408 g/mol. The second kappa shape index (κ2) is 7.86. The smallest absolute Gasteiger partial charge is 0.449 e. The lowest BCUT2D eigenvalue weighted by Crippen LogP contribution is -2.15. The Balaban J connectivity index is 2.10. The molecule has 1 heterocycles. The predicted molar refractivity (Wildman–Crippen MR) is 96.4 cm³/mol. The molecule has 152 valence electrons. The van der Waals surface area contributed by atoms with Crippen LogP contribution in [0.1, 0.15) is 18.2 Å². The van der Waals surface area contributed by atoms with Crippen LogP contribution in [0, 0.1) is 6.92 Å². The van der Waals surface area contributed by atoms with Gasteiger partial charge in [-0.3, -0.25) is 4.79 Å². The summed E-state index contributed by atoms with van der Waals surface area (Å²) < 4.78 is 60.1. The molecule has 0 N–H and O–H groups in total. The lowest BCUT2D eigenvalue weighted by Gasteiger charge is -2.13. The van der Waals surface area contributed by atoms with E-state index >= 15 is 0 Å². The fraction of sp³-hybridized carbons (Fsp3) is 0.200. The lowest BCUT2D eigenvalue weighted by molar-refractivity contribution is -0.154. The summed E-state index contributed by atoms with van der Waals surface area (Å²) in [5.74, 6) is -2.66. The Bertz CT molecular complexity index is 1100. The topological polar surface area (TPSA) is 75.0 Å². The molecule has 0 saturated heterocycles. The van der Waals surface area contributed by atoms with Crippen molar-refractivity contribution in [2.45, 2.75) is 20.0 Å². The van der Waals surface area contributed by atoms with Gasteiger partial charge in [0, 0.05) is 6.07 Å². The zero-order chi connectivity index (χ0) is 21.2. The van der Waals surface area contributed by atoms with E-state index in [0.717, 1.165) is 11.6 Å². The highest BCUT2D eigenvalue weighted by Crippen LogP contribution is 2.38. The number of fused-ring (bicyclic) bond motifs is 1. The van der Waals surface area contributed by atoms with Crippen LogP contribution in [0.15, 0.2) is 51.7 Å². The number of hydrogen-bond donors (Lipinski definition) is 0. The van der Waals surface area contributed by atoms with Crippen LogP contribution >= 0.6 is 0 Å². The number of benzene rings is 2. The van der Waals surface area contributed by atoms with Gasteiger partial charge >= 0.3 is 12.3 Å². The fourth-order valence-corrected chi connectivity index (χ4v) is 2.47. The summed E-state index contributed by atoms with van der Waals surface area (Å²) in [5.41, 5.74) is -0.560. The van der Waals surface area contributed by atoms with E-state index in [1.54, 1.807) is 26.0 Å². The third-order valence-electron chi connectivity index (χ3n) is 3.78. The lowest BCUT2D eigenvalue weighted by atomic mass is 10.2. The van der Waals surface area contributed by atoms with Gasteiger partial charge in [-0.1, -0.05) is 17.7 Å². The van der Waals surface area contributed by atoms with Crippen molar-refractivity contribution in [3.05, 3.63) is 64.0 Å². The maximum Gasteiger partial charge on any atom is 0.513 e. The Morgan fingerprint density at radius 3 is 2.34 bits per heavy atom. The summed E-state index contributed by atoms with van der Waals surface area (Å²) in [4.78, 5) is 24.1. The zero-order valence-electron chi connectivity index (χ0n) is 15.3. The number of alkyl halides is 3. The van der Waals surface area contributed by atoms with Crippen molar-refractivity contribution in [3.8, 4) is 17.2 Å². The Hall–Kier alpha value is -3.49. The molecular formula is C20H15F3O6. The number of rotatable bonds is 4. The minimum Gasteiger partial charge on any atom is -0.449 e. The molecule has 0 aliphatic rings. The summed E-state index contributed by atoms with van der Waals surface area (Å²) >= 11 is 0. The van der Waals surface area contributed by atoms with Crippen LogP contribution in [0.4, 0.5) is 18.0 Å². The maximum absolute atomic E-state index is 13.5. The van der Waals surface area contributed by atoms with Crippen molar-refractivity contribution in [2.75, 3.05) is 6.61 Å². The molecule has 3 aromatic rings. The fourth-order valence-electron chi connectivity index (χ4n) is 2.47. The summed E-state index contributed by atoms with van der Waals surface area (Å²) in [6.07, 6.45) is -6.03. The second-order valence-corrected chi connectivity index (χ2v) is 5.95. The molecule has 2 aromatic carbocycles. The van der Waals surface area contributed by atoms with E-state index in [9.17, 15) is 22.8 Å². The molecule has 0 unspecified atom stereocenters. The minimum absolute atomic E-state index is 0.0509. The Kier molecular flexibility index (Phi) is 5.49. The predicted octanol–water partition coefficient (Wildman–Crippen LogP) is 5.45. The first-order valence-electron chi connectivity index (χ1n) is 8.46. The van der Waals surface area contributed by atoms with Gasteiger partial charge in [-0.2, -0.15) is 13.2 Å². The quantitative estimate of drug-likeness (QED) is 0.422. The van der Waals surface area contributed by atoms with Crippen molar-refractivity contribution in [1.82, 2.24) is 0 Å². The average Bonchev–Trinajstić information content (AvgIpc) is 2.64. The number of carbonyl (C=O) groups is 1. The summed E-state index contributed by atoms with van der Waals surface area (Å²) in [6, 6.07) is 9.55. The van der Waals surface area contributed by atoms with Crippen molar-refractivity contribution >= 4 is 17.1 Å². The van der Waals surface area contributed by atoms with Gasteiger partial charge in [0.05, 0.1) is 12.0 Å². The molecule has 0 aliphatic carbocycles. The molecule has 9 heteroatoms. The van der Waals surface area contributed by atoms with E-state index < -0.39 is 34.9 Å². The third kappa shape index (κ3) is 4.50. The number of hydrogen-bond acceptors (Lipinski definition) is 6. The molecule has 0 spiro atoms. The van der Waals surface area contributed by atoms with Gasteiger partial charge in [-0.25, -0.2) is 4.79 Å². The van der Waals surface area contributed by atoms with Crippen LogP contribution in [-0.2, 0) is 10.9 Å². The molecule has 0 fully saturated rings. The average molecular weight is 408 g/mol. The van der Waals surface area contributed by atoms with Crippen LogP contribution in [0.25, 0.3) is 11.0 Å². The van der Waals surface area contributed by atoms with Crippen LogP contribution in [0.2, 0.25) is 0 Å². The zero-order valence-corrected chi connectivity index (χ0v) is 15.3. The molecule has 29 heavy (non-hydrogen) atoms. The first kappa shape index (κ1) is 20.2. The molecule has 1 aromatic heterocycles. The summed E-state index contributed by atoms with van der Waals surface area (Å²) in [7, 11) is 0. The van der Waals surface area contributed by atoms with Gasteiger partial charge in [-0.05, 0) is 38.1 Å². The van der Waals surface area contributed by atoms with Gasteiger partial charge in [0.1, 0.15) is 17.1 Å². The molecule has 0 bridgehead atoms. The first-order valence-corrected chi connectivity index (χ1v) is 8.46. The first-order chi connectivity index (χ1) is 13.7. The van der Waals surface area contributed by atoms with Gasteiger partial charge < -0.3 is 18.6 Å². The molecule has 6 nitrogen and oxygen atoms in total. The van der Waals surface area contributed by atoms with E-state index in [2.05, 4.69) is 4.74 Å². The highest BCUT2D eigenvalue weighted by atomic mass is 19.4. The SMILES string of the molecule is CCOC(=O)Oc1ccc2c(=O)c(Oc3ccc(C)cc3)c(C(F)(F)F)oc2c1. The van der Waals surface area contributed by atoms with E-state index in [4.69, 9.17) is 13.9 Å². The Morgan fingerprint density at radius 1 is 1.07 bits per heavy atom. The van der Waals surface area contributed by atoms with Crippen LogP contribution < -0.4 is 14.9 Å². The van der Waals surface area contributed by atoms with Crippen molar-refractivity contribution in [1.29, 1.82) is 0 Å². The van der Waals surface area contributed by atoms with Gasteiger partial charge in [0.15, 0.2) is 0 Å². The Labute approximate surface area is 162 Å². The van der Waals surface area contributed by atoms with Gasteiger partial charge in [0.25, 0.3) is 5.76 Å². The van der Waals surface area contributed by atoms with Crippen LogP contribution in [-0.4, -0.2) is 12.8 Å². The van der Waals surface area contributed by atoms with E-state index in [-0.39, 0.29) is 23.5 Å². The number of aryl methyl sites for hydroxylation is 1. The molecule has 0 amide bonds. The highest BCUT2D eigenvalue weighted by Gasteiger charge is 2.40. The van der Waals surface area contributed by atoms with Crippen molar-refractivity contribution in [3.63, 3.8) is 0 Å². The van der Waals surface area contributed by atoms with E-state index in [1.165, 1.54) is 24.3 Å². The number of halogens is 3. The second-order valence-electron chi connectivity index (χ2n) is 5.95. The standard InChI is InChI=1S/C20H15F3O6/c1-3-26-19(25)28-13-8-9-14-15(10-13)29-18(20(21,22)23)17(16(14)24)27-12-6-4-11(2)5-7-12/h4-10H,3H2,1-2H3. The molecule has 0 saturated carbocycles. The largest absolute Gasteiger partial charge is 0.513 e. The molecule has 0 atom stereocenters. The summed E-state index contributed by atoms with van der Waals surface area (Å²) in [6.45, 7) is 3.41. The molecular weight excluding hydrogens is 393 g/mol. The van der Waals surface area contributed by atoms with E-state index in [1.807, 2.05) is 0 Å². The number of ether oxygens (including phenoxy) is 3.